The van der Waals surface area contributed by atoms with Crippen molar-refractivity contribution in [1.29, 1.82) is 0 Å². The summed E-state index contributed by atoms with van der Waals surface area (Å²) in [5.41, 5.74) is 3.01. The van der Waals surface area contributed by atoms with Gasteiger partial charge in [0.1, 0.15) is 5.75 Å². The maximum Gasteiger partial charge on any atom is 0.261 e. The molecule has 4 rings (SSSR count). The van der Waals surface area contributed by atoms with Crippen LogP contribution in [0.3, 0.4) is 0 Å². The van der Waals surface area contributed by atoms with Gasteiger partial charge in [-0.1, -0.05) is 30.3 Å². The van der Waals surface area contributed by atoms with Crippen molar-refractivity contribution in [2.24, 2.45) is 0 Å². The number of phenolic OH excluding ortho intramolecular Hbond substituents is 1. The Labute approximate surface area is 188 Å². The van der Waals surface area contributed by atoms with Crippen LogP contribution in [0.25, 0.3) is 0 Å². The van der Waals surface area contributed by atoms with Crippen molar-refractivity contribution in [2.75, 3.05) is 17.8 Å². The standard InChI is InChI=1S/C25H26N2O4S/c1-18-4-2-3-5-24(18)26-32(30,31)23-12-8-21(9-13-23)25(29)27-16-14-20(15-17-27)19-6-10-22(28)11-7-19/h2-13,20,26,28H,14-17H2,1H3. The van der Waals surface area contributed by atoms with E-state index in [-0.39, 0.29) is 16.6 Å². The smallest absolute Gasteiger partial charge is 0.261 e. The molecule has 1 saturated heterocycles. The van der Waals surface area contributed by atoms with Gasteiger partial charge >= 0.3 is 0 Å². The SMILES string of the molecule is Cc1ccccc1NS(=O)(=O)c1ccc(C(=O)N2CCC(c3ccc(O)cc3)CC2)cc1. The topological polar surface area (TPSA) is 86.7 Å². The van der Waals surface area contributed by atoms with Gasteiger partial charge in [-0.15, -0.1) is 0 Å². The highest BCUT2D eigenvalue weighted by molar-refractivity contribution is 7.92. The number of nitrogens with one attached hydrogen (secondary N) is 1. The Hall–Kier alpha value is -3.32. The fourth-order valence-electron chi connectivity index (χ4n) is 4.01. The van der Waals surface area contributed by atoms with Crippen LogP contribution >= 0.6 is 0 Å². The Balaban J connectivity index is 1.40. The number of nitrogens with zero attached hydrogens (tertiary/aromatic N) is 1. The lowest BCUT2D eigenvalue weighted by Crippen LogP contribution is -2.37. The molecule has 2 N–H and O–H groups in total. The van der Waals surface area contributed by atoms with E-state index in [9.17, 15) is 18.3 Å². The van der Waals surface area contributed by atoms with Gasteiger partial charge in [-0.25, -0.2) is 8.42 Å². The largest absolute Gasteiger partial charge is 0.508 e. The molecule has 0 bridgehead atoms. The van der Waals surface area contributed by atoms with E-state index in [1.165, 1.54) is 17.7 Å². The number of hydrogen-bond acceptors (Lipinski definition) is 4. The van der Waals surface area contributed by atoms with Gasteiger partial charge in [0, 0.05) is 18.7 Å². The Bertz CT molecular complexity index is 1200. The van der Waals surface area contributed by atoms with E-state index >= 15 is 0 Å². The maximum absolute atomic E-state index is 12.9. The minimum Gasteiger partial charge on any atom is -0.508 e. The molecule has 3 aromatic carbocycles. The number of hydrogen-bond donors (Lipinski definition) is 2. The number of carbonyl (C=O) groups excluding carboxylic acids is 1. The lowest BCUT2D eigenvalue weighted by molar-refractivity contribution is 0.0713. The molecule has 0 saturated carbocycles. The molecule has 1 amide bonds. The normalized spacial score (nSPS) is 14.8. The molecule has 1 fully saturated rings. The highest BCUT2D eigenvalue weighted by Crippen LogP contribution is 2.30. The van der Waals surface area contributed by atoms with Gasteiger partial charge in [0.05, 0.1) is 10.6 Å². The van der Waals surface area contributed by atoms with Crippen LogP contribution in [-0.4, -0.2) is 37.4 Å². The van der Waals surface area contributed by atoms with Crippen molar-refractivity contribution in [3.63, 3.8) is 0 Å². The molecule has 1 heterocycles. The van der Waals surface area contributed by atoms with Crippen molar-refractivity contribution in [3.05, 3.63) is 89.5 Å². The first-order valence-corrected chi connectivity index (χ1v) is 12.1. The highest BCUT2D eigenvalue weighted by atomic mass is 32.2. The van der Waals surface area contributed by atoms with Gasteiger partial charge in [-0.2, -0.15) is 0 Å². The van der Waals surface area contributed by atoms with Crippen LogP contribution in [0.1, 0.15) is 40.2 Å². The minimum atomic E-state index is -3.74. The fraction of sp³-hybridized carbons (Fsp3) is 0.240. The number of rotatable bonds is 5. The Morgan fingerprint density at radius 1 is 0.938 bits per heavy atom. The minimum absolute atomic E-state index is 0.0926. The molecule has 0 aliphatic carbocycles. The van der Waals surface area contributed by atoms with Crippen LogP contribution in [-0.2, 0) is 10.0 Å². The first kappa shape index (κ1) is 21.9. The van der Waals surface area contributed by atoms with E-state index in [4.69, 9.17) is 0 Å². The van der Waals surface area contributed by atoms with Crippen LogP contribution in [0, 0.1) is 6.92 Å². The molecule has 32 heavy (non-hydrogen) atoms. The molecule has 6 nitrogen and oxygen atoms in total. The summed E-state index contributed by atoms with van der Waals surface area (Å²) in [6.45, 7) is 3.11. The number of para-hydroxylation sites is 1. The van der Waals surface area contributed by atoms with Gasteiger partial charge in [0.25, 0.3) is 15.9 Å². The van der Waals surface area contributed by atoms with Gasteiger partial charge in [-0.3, -0.25) is 9.52 Å². The molecule has 0 unspecified atom stereocenters. The van der Waals surface area contributed by atoms with E-state index in [1.807, 2.05) is 36.1 Å². The predicted octanol–water partition coefficient (Wildman–Crippen LogP) is 4.52. The molecule has 3 aromatic rings. The number of amides is 1. The average molecular weight is 451 g/mol. The Kier molecular flexibility index (Phi) is 6.19. The monoisotopic (exact) mass is 450 g/mol. The zero-order valence-electron chi connectivity index (χ0n) is 17.9. The number of benzene rings is 3. The third-order valence-corrected chi connectivity index (χ3v) is 7.33. The van der Waals surface area contributed by atoms with Crippen LogP contribution < -0.4 is 4.72 Å². The summed E-state index contributed by atoms with van der Waals surface area (Å²) in [4.78, 5) is 14.8. The van der Waals surface area contributed by atoms with E-state index in [2.05, 4.69) is 4.72 Å². The van der Waals surface area contributed by atoms with Gasteiger partial charge < -0.3 is 10.0 Å². The van der Waals surface area contributed by atoms with Crippen LogP contribution in [0.4, 0.5) is 5.69 Å². The number of sulfonamides is 1. The molecule has 0 atom stereocenters. The highest BCUT2D eigenvalue weighted by Gasteiger charge is 2.25. The van der Waals surface area contributed by atoms with Gasteiger partial charge in [0.15, 0.2) is 0 Å². The van der Waals surface area contributed by atoms with Crippen LogP contribution in [0.5, 0.6) is 5.75 Å². The summed E-state index contributed by atoms with van der Waals surface area (Å²) in [6.07, 6.45) is 1.70. The molecule has 0 aromatic heterocycles. The molecule has 1 aliphatic rings. The van der Waals surface area contributed by atoms with Gasteiger partial charge in [-0.05, 0) is 79.3 Å². The summed E-state index contributed by atoms with van der Waals surface area (Å²) in [5, 5.41) is 9.46. The van der Waals surface area contributed by atoms with Crippen molar-refractivity contribution in [2.45, 2.75) is 30.6 Å². The van der Waals surface area contributed by atoms with E-state index < -0.39 is 10.0 Å². The van der Waals surface area contributed by atoms with Crippen LogP contribution in [0.2, 0.25) is 0 Å². The fourth-order valence-corrected chi connectivity index (χ4v) is 5.14. The first-order chi connectivity index (χ1) is 15.3. The van der Waals surface area contributed by atoms with Crippen molar-refractivity contribution in [3.8, 4) is 5.75 Å². The third kappa shape index (κ3) is 4.78. The lowest BCUT2D eigenvalue weighted by atomic mass is 9.89. The predicted molar refractivity (Wildman–Crippen MR) is 124 cm³/mol. The summed E-state index contributed by atoms with van der Waals surface area (Å²) < 4.78 is 28.0. The summed E-state index contributed by atoms with van der Waals surface area (Å²) in [5.74, 6) is 0.519. The van der Waals surface area contributed by atoms with Crippen molar-refractivity contribution >= 4 is 21.6 Å². The van der Waals surface area contributed by atoms with E-state index in [0.717, 1.165) is 18.4 Å². The second kappa shape index (κ2) is 9.04. The Morgan fingerprint density at radius 2 is 1.56 bits per heavy atom. The molecular weight excluding hydrogens is 424 g/mol. The molecule has 7 heteroatoms. The number of aryl methyl sites for hydroxylation is 1. The lowest BCUT2D eigenvalue weighted by Gasteiger charge is -2.32. The number of phenols is 1. The average Bonchev–Trinajstić information content (AvgIpc) is 2.81. The van der Waals surface area contributed by atoms with Crippen molar-refractivity contribution < 1.29 is 18.3 Å². The molecule has 0 spiro atoms. The summed E-state index contributed by atoms with van der Waals surface area (Å²) >= 11 is 0. The number of aromatic hydroxyl groups is 1. The van der Waals surface area contributed by atoms with E-state index in [1.54, 1.807) is 36.4 Å². The Morgan fingerprint density at radius 3 is 2.19 bits per heavy atom. The zero-order chi connectivity index (χ0) is 22.7. The maximum atomic E-state index is 12.9. The van der Waals surface area contributed by atoms with Gasteiger partial charge in [0.2, 0.25) is 0 Å². The molecule has 1 aliphatic heterocycles. The van der Waals surface area contributed by atoms with E-state index in [0.29, 0.717) is 30.3 Å². The van der Waals surface area contributed by atoms with Crippen molar-refractivity contribution in [1.82, 2.24) is 4.90 Å². The molecule has 0 radical (unpaired) electrons. The zero-order valence-corrected chi connectivity index (χ0v) is 18.7. The summed E-state index contributed by atoms with van der Waals surface area (Å²) in [6, 6.07) is 20.5. The quantitative estimate of drug-likeness (QED) is 0.598. The number of likely N-dealkylation sites (tertiary alicyclic amines) is 1. The summed E-state index contributed by atoms with van der Waals surface area (Å²) in [7, 11) is -3.74. The molecule has 166 valence electrons. The second-order valence-corrected chi connectivity index (χ2v) is 9.79. The number of carbonyl (C=O) groups is 1. The molecular formula is C25H26N2O4S. The number of anilines is 1. The van der Waals surface area contributed by atoms with Crippen LogP contribution in [0.15, 0.2) is 77.7 Å². The first-order valence-electron chi connectivity index (χ1n) is 10.6. The third-order valence-electron chi connectivity index (χ3n) is 5.95. The second-order valence-electron chi connectivity index (χ2n) is 8.10. The number of piperidine rings is 1.